The molecule has 0 heterocycles. The molecule has 0 radical (unpaired) electrons. The second-order valence-electron chi connectivity index (χ2n) is 7.13. The zero-order valence-electron chi connectivity index (χ0n) is 13.1. The van der Waals surface area contributed by atoms with Gasteiger partial charge in [-0.2, -0.15) is 0 Å². The molecule has 0 bridgehead atoms. The van der Waals surface area contributed by atoms with Gasteiger partial charge in [0.2, 0.25) is 0 Å². The lowest BCUT2D eigenvalue weighted by Crippen LogP contribution is -2.39. The quantitative estimate of drug-likeness (QED) is 0.774. The van der Waals surface area contributed by atoms with Crippen LogP contribution in [0.15, 0.2) is 0 Å². The number of ether oxygens (including phenoxy) is 1. The largest absolute Gasteiger partial charge is 0.378 e. The van der Waals surface area contributed by atoms with Gasteiger partial charge in [0.25, 0.3) is 0 Å². The van der Waals surface area contributed by atoms with E-state index < -0.39 is 0 Å². The normalized spacial score (nSPS) is 27.2. The Morgan fingerprint density at radius 2 is 2.00 bits per heavy atom. The highest BCUT2D eigenvalue weighted by molar-refractivity contribution is 4.74. The average Bonchev–Trinajstić information content (AvgIpc) is 2.33. The first-order valence-corrected chi connectivity index (χ1v) is 7.77. The molecule has 0 aromatic rings. The van der Waals surface area contributed by atoms with Crippen LogP contribution in [-0.4, -0.2) is 24.8 Å². The first kappa shape index (κ1) is 16.0. The number of hydrogen-bond acceptors (Lipinski definition) is 2. The maximum Gasteiger partial charge on any atom is 0.0578 e. The molecule has 1 rings (SSSR count). The van der Waals surface area contributed by atoms with Gasteiger partial charge in [0.1, 0.15) is 0 Å². The standard InChI is InChI=1S/C16H33NO/c1-6-14-8-7-9-15(10-14)18-12-13(2)11-17-16(3,4)5/h13-15,17H,6-12H2,1-5H3. The van der Waals surface area contributed by atoms with Crippen LogP contribution in [0.2, 0.25) is 0 Å². The zero-order valence-corrected chi connectivity index (χ0v) is 13.1. The second kappa shape index (κ2) is 7.49. The smallest absolute Gasteiger partial charge is 0.0578 e. The molecule has 1 fully saturated rings. The van der Waals surface area contributed by atoms with Gasteiger partial charge in [-0.1, -0.05) is 33.1 Å². The molecule has 2 heteroatoms. The predicted octanol–water partition coefficient (Wildman–Crippen LogP) is 4.00. The fraction of sp³-hybridized carbons (Fsp3) is 1.00. The third-order valence-electron chi connectivity index (χ3n) is 3.91. The molecule has 0 spiro atoms. The highest BCUT2D eigenvalue weighted by Crippen LogP contribution is 2.28. The first-order chi connectivity index (χ1) is 8.40. The SMILES string of the molecule is CCC1CCCC(OCC(C)CNC(C)(C)C)C1. The molecule has 1 N–H and O–H groups in total. The van der Waals surface area contributed by atoms with E-state index in [2.05, 4.69) is 39.9 Å². The Hall–Kier alpha value is -0.0800. The van der Waals surface area contributed by atoms with Gasteiger partial charge in [-0.25, -0.2) is 0 Å². The molecule has 0 amide bonds. The van der Waals surface area contributed by atoms with E-state index in [1.165, 1.54) is 32.1 Å². The van der Waals surface area contributed by atoms with Crippen molar-refractivity contribution in [2.24, 2.45) is 11.8 Å². The molecule has 0 aromatic carbocycles. The summed E-state index contributed by atoms with van der Waals surface area (Å²) in [4.78, 5) is 0. The Morgan fingerprint density at radius 3 is 2.61 bits per heavy atom. The van der Waals surface area contributed by atoms with E-state index >= 15 is 0 Å². The lowest BCUT2D eigenvalue weighted by Gasteiger charge is -2.30. The maximum atomic E-state index is 6.10. The summed E-state index contributed by atoms with van der Waals surface area (Å²) in [6, 6.07) is 0. The van der Waals surface area contributed by atoms with E-state index in [1.54, 1.807) is 0 Å². The molecule has 2 nitrogen and oxygen atoms in total. The predicted molar refractivity (Wildman–Crippen MR) is 78.9 cm³/mol. The monoisotopic (exact) mass is 255 g/mol. The fourth-order valence-electron chi connectivity index (χ4n) is 2.60. The molecule has 3 unspecified atom stereocenters. The van der Waals surface area contributed by atoms with Crippen molar-refractivity contribution in [2.45, 2.75) is 78.4 Å². The van der Waals surface area contributed by atoms with Crippen molar-refractivity contribution < 1.29 is 4.74 Å². The van der Waals surface area contributed by atoms with Crippen molar-refractivity contribution in [3.63, 3.8) is 0 Å². The zero-order chi connectivity index (χ0) is 13.6. The Balaban J connectivity index is 2.15. The van der Waals surface area contributed by atoms with Gasteiger partial charge in [0.15, 0.2) is 0 Å². The van der Waals surface area contributed by atoms with Crippen molar-refractivity contribution in [3.05, 3.63) is 0 Å². The minimum Gasteiger partial charge on any atom is -0.378 e. The van der Waals surface area contributed by atoms with Crippen LogP contribution in [0.5, 0.6) is 0 Å². The summed E-state index contributed by atoms with van der Waals surface area (Å²) in [7, 11) is 0. The van der Waals surface area contributed by atoms with E-state index in [0.717, 1.165) is 19.1 Å². The van der Waals surface area contributed by atoms with E-state index in [4.69, 9.17) is 4.74 Å². The van der Waals surface area contributed by atoms with Crippen LogP contribution in [0.1, 0.15) is 66.7 Å². The summed E-state index contributed by atoms with van der Waals surface area (Å²) < 4.78 is 6.10. The van der Waals surface area contributed by atoms with Crippen molar-refractivity contribution >= 4 is 0 Å². The van der Waals surface area contributed by atoms with Gasteiger partial charge in [-0.3, -0.25) is 0 Å². The molecular formula is C16H33NO. The summed E-state index contributed by atoms with van der Waals surface area (Å²) in [5.74, 6) is 1.51. The van der Waals surface area contributed by atoms with Gasteiger partial charge < -0.3 is 10.1 Å². The van der Waals surface area contributed by atoms with Gasteiger partial charge in [0.05, 0.1) is 12.7 Å². The molecule has 3 atom stereocenters. The topological polar surface area (TPSA) is 21.3 Å². The molecule has 1 saturated carbocycles. The minimum absolute atomic E-state index is 0.215. The number of hydrogen-bond donors (Lipinski definition) is 1. The first-order valence-electron chi connectivity index (χ1n) is 7.77. The molecule has 108 valence electrons. The Labute approximate surface area is 114 Å². The molecule has 0 aliphatic heterocycles. The molecule has 18 heavy (non-hydrogen) atoms. The molecule has 0 saturated heterocycles. The van der Waals surface area contributed by atoms with E-state index in [1.807, 2.05) is 0 Å². The van der Waals surface area contributed by atoms with E-state index in [0.29, 0.717) is 12.0 Å². The molecule has 0 aromatic heterocycles. The number of nitrogens with one attached hydrogen (secondary N) is 1. The summed E-state index contributed by atoms with van der Waals surface area (Å²) in [6.45, 7) is 13.2. The molecule has 1 aliphatic rings. The van der Waals surface area contributed by atoms with Crippen LogP contribution >= 0.6 is 0 Å². The Morgan fingerprint density at radius 1 is 1.28 bits per heavy atom. The van der Waals surface area contributed by atoms with Gasteiger partial charge in [0, 0.05) is 12.1 Å². The lowest BCUT2D eigenvalue weighted by molar-refractivity contribution is -0.00356. The second-order valence-corrected chi connectivity index (χ2v) is 7.13. The number of rotatable bonds is 6. The third kappa shape index (κ3) is 6.75. The summed E-state index contributed by atoms with van der Waals surface area (Å²) in [5.41, 5.74) is 0.215. The van der Waals surface area contributed by atoms with Crippen LogP contribution in [-0.2, 0) is 4.74 Å². The van der Waals surface area contributed by atoms with Crippen LogP contribution in [0.4, 0.5) is 0 Å². The summed E-state index contributed by atoms with van der Waals surface area (Å²) in [5, 5.41) is 3.55. The third-order valence-corrected chi connectivity index (χ3v) is 3.91. The van der Waals surface area contributed by atoms with E-state index in [-0.39, 0.29) is 5.54 Å². The average molecular weight is 255 g/mol. The van der Waals surface area contributed by atoms with Gasteiger partial charge in [-0.15, -0.1) is 0 Å². The lowest BCUT2D eigenvalue weighted by atomic mass is 9.85. The summed E-state index contributed by atoms with van der Waals surface area (Å²) in [6.07, 6.45) is 7.18. The van der Waals surface area contributed by atoms with Gasteiger partial charge in [-0.05, 0) is 45.4 Å². The van der Waals surface area contributed by atoms with Crippen LogP contribution < -0.4 is 5.32 Å². The molecular weight excluding hydrogens is 222 g/mol. The minimum atomic E-state index is 0.215. The van der Waals surface area contributed by atoms with E-state index in [9.17, 15) is 0 Å². The van der Waals surface area contributed by atoms with Crippen molar-refractivity contribution in [3.8, 4) is 0 Å². The Bertz CT molecular complexity index is 222. The highest BCUT2D eigenvalue weighted by Gasteiger charge is 2.21. The fourth-order valence-corrected chi connectivity index (χ4v) is 2.60. The Kier molecular flexibility index (Phi) is 6.65. The van der Waals surface area contributed by atoms with Crippen LogP contribution in [0.25, 0.3) is 0 Å². The van der Waals surface area contributed by atoms with Gasteiger partial charge >= 0.3 is 0 Å². The maximum absolute atomic E-state index is 6.10. The van der Waals surface area contributed by atoms with Crippen LogP contribution in [0.3, 0.4) is 0 Å². The van der Waals surface area contributed by atoms with Crippen molar-refractivity contribution in [2.75, 3.05) is 13.2 Å². The highest BCUT2D eigenvalue weighted by atomic mass is 16.5. The van der Waals surface area contributed by atoms with Crippen molar-refractivity contribution in [1.82, 2.24) is 5.32 Å². The summed E-state index contributed by atoms with van der Waals surface area (Å²) >= 11 is 0. The molecule has 1 aliphatic carbocycles. The van der Waals surface area contributed by atoms with Crippen LogP contribution in [0, 0.1) is 11.8 Å². The van der Waals surface area contributed by atoms with Crippen molar-refractivity contribution in [1.29, 1.82) is 0 Å².